The van der Waals surface area contributed by atoms with Gasteiger partial charge in [0.2, 0.25) is 17.8 Å². The first-order chi connectivity index (χ1) is 16.8. The first-order valence-corrected chi connectivity index (χ1v) is 11.8. The lowest BCUT2D eigenvalue weighted by Gasteiger charge is -2.16. The smallest absolute Gasteiger partial charge is 0.255 e. The summed E-state index contributed by atoms with van der Waals surface area (Å²) >= 11 is 1.49. The van der Waals surface area contributed by atoms with E-state index in [0.717, 1.165) is 4.88 Å². The Hall–Kier alpha value is -4.12. The summed E-state index contributed by atoms with van der Waals surface area (Å²) in [5.74, 6) is -1.11. The molecule has 3 aromatic heterocycles. The van der Waals surface area contributed by atoms with Crippen LogP contribution in [0.5, 0.6) is 0 Å². The van der Waals surface area contributed by atoms with Crippen LogP contribution in [0.1, 0.15) is 17.7 Å². The van der Waals surface area contributed by atoms with Gasteiger partial charge in [0, 0.05) is 36.0 Å². The first-order valence-electron chi connectivity index (χ1n) is 10.9. The second kappa shape index (κ2) is 8.91. The van der Waals surface area contributed by atoms with Gasteiger partial charge >= 0.3 is 0 Å². The molecule has 4 aromatic rings. The monoisotopic (exact) mass is 492 g/mol. The van der Waals surface area contributed by atoms with Gasteiger partial charge in [0.05, 0.1) is 10.8 Å². The van der Waals surface area contributed by atoms with E-state index in [4.69, 9.17) is 0 Å². The molecule has 1 saturated heterocycles. The summed E-state index contributed by atoms with van der Waals surface area (Å²) in [7, 11) is 0. The number of H-pyrrole nitrogens is 1. The van der Waals surface area contributed by atoms with Gasteiger partial charge in [-0.25, -0.2) is 9.37 Å². The summed E-state index contributed by atoms with van der Waals surface area (Å²) in [6.45, 7) is 3.57. The largest absolute Gasteiger partial charge is 0.312 e. The van der Waals surface area contributed by atoms with Crippen LogP contribution >= 0.6 is 11.3 Å². The topological polar surface area (TPSA) is 113 Å². The van der Waals surface area contributed by atoms with Crippen LogP contribution in [0.3, 0.4) is 0 Å². The summed E-state index contributed by atoms with van der Waals surface area (Å²) in [5, 5.41) is 9.33. The number of aromatic nitrogens is 4. The maximum absolute atomic E-state index is 13.3. The van der Waals surface area contributed by atoms with Crippen molar-refractivity contribution < 1.29 is 14.0 Å². The Labute approximate surface area is 203 Å². The summed E-state index contributed by atoms with van der Waals surface area (Å²) in [6.07, 6.45) is 0.0217. The highest BCUT2D eigenvalue weighted by Crippen LogP contribution is 2.29. The second-order valence-electron chi connectivity index (χ2n) is 8.27. The van der Waals surface area contributed by atoms with Crippen molar-refractivity contribution in [1.29, 1.82) is 0 Å². The molecular weight excluding hydrogens is 471 g/mol. The number of hydrogen-bond donors (Lipinski definition) is 2. The van der Waals surface area contributed by atoms with E-state index >= 15 is 0 Å². The third kappa shape index (κ3) is 4.37. The number of hydrogen-bond acceptors (Lipinski definition) is 6. The maximum Gasteiger partial charge on any atom is 0.255 e. The van der Waals surface area contributed by atoms with Crippen LogP contribution in [0, 0.1) is 25.6 Å². The van der Waals surface area contributed by atoms with E-state index in [9.17, 15) is 18.8 Å². The molecule has 5 rings (SSSR count). The number of halogens is 1. The van der Waals surface area contributed by atoms with Crippen LogP contribution in [0.2, 0.25) is 0 Å². The van der Waals surface area contributed by atoms with E-state index in [0.29, 0.717) is 28.5 Å². The van der Waals surface area contributed by atoms with Crippen molar-refractivity contribution in [3.8, 4) is 16.5 Å². The Morgan fingerprint density at radius 2 is 1.97 bits per heavy atom. The molecule has 11 heteroatoms. The minimum atomic E-state index is -0.618. The standard InChI is InChI=1S/C24H21FN6O3S/c1-13-14(2)26-24(28-22(13)33)31-20(11-18(29-31)19-4-3-9-35-19)27-23(34)15-10-21(32)30(12-15)17-7-5-16(25)6-8-17/h3-9,11,15H,10,12H2,1-2H3,(H,27,34)(H,26,28,33)/t15-/m0/s1. The van der Waals surface area contributed by atoms with Crippen molar-refractivity contribution in [3.05, 3.63) is 75.3 Å². The zero-order valence-electron chi connectivity index (χ0n) is 18.9. The average Bonchev–Trinajstić information content (AvgIpc) is 3.58. The van der Waals surface area contributed by atoms with Crippen LogP contribution in [0.15, 0.2) is 52.6 Å². The molecule has 9 nitrogen and oxygen atoms in total. The van der Waals surface area contributed by atoms with Crippen LogP contribution in [-0.4, -0.2) is 38.1 Å². The number of rotatable bonds is 5. The van der Waals surface area contributed by atoms with E-state index in [1.807, 2.05) is 17.5 Å². The van der Waals surface area contributed by atoms with Crippen LogP contribution in [-0.2, 0) is 9.59 Å². The van der Waals surface area contributed by atoms with Gasteiger partial charge in [-0.3, -0.25) is 19.4 Å². The zero-order chi connectivity index (χ0) is 24.7. The number of carbonyl (C=O) groups excluding carboxylic acids is 2. The summed E-state index contributed by atoms with van der Waals surface area (Å²) < 4.78 is 14.7. The van der Waals surface area contributed by atoms with Gasteiger partial charge in [-0.15, -0.1) is 11.3 Å². The average molecular weight is 493 g/mol. The number of aromatic amines is 1. The van der Waals surface area contributed by atoms with Gasteiger partial charge < -0.3 is 10.2 Å². The van der Waals surface area contributed by atoms with Gasteiger partial charge in [-0.05, 0) is 49.6 Å². The quantitative estimate of drug-likeness (QED) is 0.443. The van der Waals surface area contributed by atoms with Crippen molar-refractivity contribution in [3.63, 3.8) is 0 Å². The normalized spacial score (nSPS) is 15.6. The highest BCUT2D eigenvalue weighted by molar-refractivity contribution is 7.13. The Morgan fingerprint density at radius 3 is 2.66 bits per heavy atom. The van der Waals surface area contributed by atoms with E-state index in [1.54, 1.807) is 19.9 Å². The molecule has 0 saturated carbocycles. The molecule has 2 N–H and O–H groups in total. The fourth-order valence-corrected chi connectivity index (χ4v) is 4.57. The molecule has 1 aliphatic rings. The highest BCUT2D eigenvalue weighted by atomic mass is 32.1. The van der Waals surface area contributed by atoms with E-state index in [1.165, 1.54) is 45.2 Å². The van der Waals surface area contributed by atoms with E-state index in [2.05, 4.69) is 20.4 Å². The number of benzene rings is 1. The summed E-state index contributed by atoms with van der Waals surface area (Å²) in [6, 6.07) is 11.1. The predicted molar refractivity (Wildman–Crippen MR) is 130 cm³/mol. The molecule has 35 heavy (non-hydrogen) atoms. The summed E-state index contributed by atoms with van der Waals surface area (Å²) in [5.41, 5.74) is 1.88. The molecule has 0 unspecified atom stereocenters. The maximum atomic E-state index is 13.3. The fourth-order valence-electron chi connectivity index (χ4n) is 3.89. The molecule has 1 atom stereocenters. The Bertz CT molecular complexity index is 1480. The lowest BCUT2D eigenvalue weighted by Crippen LogP contribution is -2.29. The summed E-state index contributed by atoms with van der Waals surface area (Å²) in [4.78, 5) is 47.6. The SMILES string of the molecule is Cc1nc(-n2nc(-c3cccs3)cc2NC(=O)[C@H]2CC(=O)N(c3ccc(F)cc3)C2)[nH]c(=O)c1C. The Balaban J connectivity index is 1.44. The molecule has 0 radical (unpaired) electrons. The molecule has 0 spiro atoms. The van der Waals surface area contributed by atoms with Gasteiger partial charge in [0.25, 0.3) is 5.56 Å². The van der Waals surface area contributed by atoms with E-state index < -0.39 is 11.7 Å². The number of amides is 2. The van der Waals surface area contributed by atoms with Crippen molar-refractivity contribution in [2.45, 2.75) is 20.3 Å². The third-order valence-electron chi connectivity index (χ3n) is 5.95. The van der Waals surface area contributed by atoms with Gasteiger partial charge in [-0.1, -0.05) is 6.07 Å². The molecule has 0 aliphatic carbocycles. The molecule has 1 aromatic carbocycles. The van der Waals surface area contributed by atoms with Gasteiger partial charge in [-0.2, -0.15) is 9.78 Å². The second-order valence-corrected chi connectivity index (χ2v) is 9.22. The van der Waals surface area contributed by atoms with Crippen molar-refractivity contribution in [2.75, 3.05) is 16.8 Å². The minimum absolute atomic E-state index is 0.0217. The van der Waals surface area contributed by atoms with Crippen LogP contribution in [0.4, 0.5) is 15.9 Å². The van der Waals surface area contributed by atoms with Crippen molar-refractivity contribution in [1.82, 2.24) is 19.7 Å². The number of nitrogens with zero attached hydrogens (tertiary/aromatic N) is 4. The van der Waals surface area contributed by atoms with Crippen LogP contribution < -0.4 is 15.8 Å². The molecule has 0 bridgehead atoms. The highest BCUT2D eigenvalue weighted by Gasteiger charge is 2.35. The predicted octanol–water partition coefficient (Wildman–Crippen LogP) is 3.43. The van der Waals surface area contributed by atoms with Crippen LogP contribution in [0.25, 0.3) is 16.5 Å². The molecule has 1 fully saturated rings. The molecule has 4 heterocycles. The van der Waals surface area contributed by atoms with Crippen molar-refractivity contribution in [2.24, 2.45) is 5.92 Å². The first kappa shape index (κ1) is 22.7. The minimum Gasteiger partial charge on any atom is -0.312 e. The lowest BCUT2D eigenvalue weighted by molar-refractivity contribution is -0.122. The Kier molecular flexibility index (Phi) is 5.77. The molecule has 1 aliphatic heterocycles. The van der Waals surface area contributed by atoms with E-state index in [-0.39, 0.29) is 36.3 Å². The molecule has 2 amide bonds. The number of thiophene rings is 1. The van der Waals surface area contributed by atoms with Crippen molar-refractivity contribution >= 4 is 34.7 Å². The Morgan fingerprint density at radius 1 is 1.20 bits per heavy atom. The van der Waals surface area contributed by atoms with Gasteiger partial charge in [0.1, 0.15) is 17.3 Å². The number of aryl methyl sites for hydroxylation is 1. The van der Waals surface area contributed by atoms with Gasteiger partial charge in [0.15, 0.2) is 0 Å². The fraction of sp³-hybridized carbons (Fsp3) is 0.208. The number of nitrogens with one attached hydrogen (secondary N) is 2. The zero-order valence-corrected chi connectivity index (χ0v) is 19.7. The lowest BCUT2D eigenvalue weighted by atomic mass is 10.1. The molecular formula is C24H21FN6O3S. The number of anilines is 2. The molecule has 178 valence electrons. The third-order valence-corrected chi connectivity index (χ3v) is 6.84. The number of carbonyl (C=O) groups is 2.